The second-order valence-corrected chi connectivity index (χ2v) is 6.85. The lowest BCUT2D eigenvalue weighted by Crippen LogP contribution is -2.17. The second kappa shape index (κ2) is 4.75. The summed E-state index contributed by atoms with van der Waals surface area (Å²) < 4.78 is 0. The predicted octanol–water partition coefficient (Wildman–Crippen LogP) is 4.04. The molecule has 0 unspecified atom stereocenters. The molecule has 0 radical (unpaired) electrons. The smallest absolute Gasteiger partial charge is 0.128 e. The molecule has 0 aliphatic rings. The second-order valence-electron chi connectivity index (χ2n) is 6.85. The molecule has 0 atom stereocenters. The van der Waals surface area contributed by atoms with Crippen LogP contribution in [0.25, 0.3) is 0 Å². The molecule has 1 aromatic rings. The topological polar surface area (TPSA) is 32.6 Å². The Morgan fingerprint density at radius 3 is 1.94 bits per heavy atom. The van der Waals surface area contributed by atoms with Crippen LogP contribution in [0.3, 0.4) is 0 Å². The number of phenols is 1. The van der Waals surface area contributed by atoms with Crippen molar-refractivity contribution in [3.8, 4) is 5.75 Å². The van der Waals surface area contributed by atoms with E-state index < -0.39 is 0 Å². The average molecular weight is 247 g/mol. The van der Waals surface area contributed by atoms with Gasteiger partial charge in [-0.25, -0.2) is 0 Å². The lowest BCUT2D eigenvalue weighted by atomic mass is 9.79. The summed E-state index contributed by atoms with van der Waals surface area (Å²) in [5.41, 5.74) is 2.98. The van der Waals surface area contributed by atoms with Crippen molar-refractivity contribution in [3.05, 3.63) is 28.8 Å². The van der Waals surface area contributed by atoms with Gasteiger partial charge in [-0.3, -0.25) is 4.99 Å². The van der Waals surface area contributed by atoms with Crippen molar-refractivity contribution in [2.24, 2.45) is 4.99 Å². The van der Waals surface area contributed by atoms with E-state index in [1.54, 1.807) is 13.3 Å². The first-order valence-electron chi connectivity index (χ1n) is 6.37. The Hall–Kier alpha value is -1.31. The molecule has 2 nitrogen and oxygen atoms in total. The third-order valence-electron chi connectivity index (χ3n) is 3.08. The maximum atomic E-state index is 10.4. The molecule has 18 heavy (non-hydrogen) atoms. The standard InChI is InChI=1S/C16H25NO/c1-15(2,3)12-8-11(10-17-7)14(18)13(9-12)16(4,5)6/h8-10,18H,1-7H3/b17-10-. The molecule has 100 valence electrons. The van der Waals surface area contributed by atoms with Gasteiger partial charge in [0.15, 0.2) is 0 Å². The first-order valence-corrected chi connectivity index (χ1v) is 6.37. The fraction of sp³-hybridized carbons (Fsp3) is 0.562. The van der Waals surface area contributed by atoms with Gasteiger partial charge in [0.1, 0.15) is 5.75 Å². The molecule has 0 amide bonds. The molecule has 2 heteroatoms. The number of rotatable bonds is 1. The van der Waals surface area contributed by atoms with Gasteiger partial charge in [0.2, 0.25) is 0 Å². The van der Waals surface area contributed by atoms with Gasteiger partial charge in [0, 0.05) is 24.4 Å². The highest BCUT2D eigenvalue weighted by atomic mass is 16.3. The Morgan fingerprint density at radius 2 is 1.56 bits per heavy atom. The molecule has 1 rings (SSSR count). The monoisotopic (exact) mass is 247 g/mol. The average Bonchev–Trinajstić information content (AvgIpc) is 2.17. The summed E-state index contributed by atoms with van der Waals surface area (Å²) in [5.74, 6) is 0.348. The number of hydrogen-bond donors (Lipinski definition) is 1. The number of phenolic OH excluding ortho intramolecular Hbond substituents is 1. The van der Waals surface area contributed by atoms with E-state index >= 15 is 0 Å². The third kappa shape index (κ3) is 3.12. The largest absolute Gasteiger partial charge is 0.507 e. The molecule has 0 spiro atoms. The highest BCUT2D eigenvalue weighted by Crippen LogP contribution is 2.36. The van der Waals surface area contributed by atoms with Crippen molar-refractivity contribution < 1.29 is 5.11 Å². The fourth-order valence-corrected chi connectivity index (χ4v) is 1.90. The van der Waals surface area contributed by atoms with Crippen LogP contribution in [0.1, 0.15) is 58.2 Å². The Morgan fingerprint density at radius 1 is 1.00 bits per heavy atom. The van der Waals surface area contributed by atoms with Crippen molar-refractivity contribution in [1.29, 1.82) is 0 Å². The van der Waals surface area contributed by atoms with Crippen LogP contribution >= 0.6 is 0 Å². The molecule has 0 bridgehead atoms. The summed E-state index contributed by atoms with van der Waals surface area (Å²) in [6.07, 6.45) is 1.72. The van der Waals surface area contributed by atoms with Crippen LogP contribution in [0.15, 0.2) is 17.1 Å². The summed E-state index contributed by atoms with van der Waals surface area (Å²) in [7, 11) is 1.72. The minimum absolute atomic E-state index is 0.0596. The van der Waals surface area contributed by atoms with Crippen molar-refractivity contribution in [1.82, 2.24) is 0 Å². The Kier molecular flexibility index (Phi) is 3.89. The van der Waals surface area contributed by atoms with E-state index in [4.69, 9.17) is 0 Å². The first-order chi connectivity index (χ1) is 8.07. The van der Waals surface area contributed by atoms with Crippen LogP contribution in [0.2, 0.25) is 0 Å². The molecule has 0 heterocycles. The number of benzene rings is 1. The summed E-state index contributed by atoms with van der Waals surface area (Å²) >= 11 is 0. The molecule has 0 aliphatic carbocycles. The van der Waals surface area contributed by atoms with E-state index in [0.717, 1.165) is 11.1 Å². The molecule has 0 saturated carbocycles. The van der Waals surface area contributed by atoms with Gasteiger partial charge in [-0.05, 0) is 22.5 Å². The Balaban J connectivity index is 3.57. The number of aromatic hydroxyl groups is 1. The van der Waals surface area contributed by atoms with Crippen molar-refractivity contribution in [2.45, 2.75) is 52.4 Å². The van der Waals surface area contributed by atoms with Crippen LogP contribution < -0.4 is 0 Å². The summed E-state index contributed by atoms with van der Waals surface area (Å²) in [4.78, 5) is 4.03. The zero-order valence-corrected chi connectivity index (χ0v) is 12.6. The van der Waals surface area contributed by atoms with Crippen molar-refractivity contribution >= 4 is 6.21 Å². The first kappa shape index (κ1) is 14.7. The van der Waals surface area contributed by atoms with Gasteiger partial charge in [-0.1, -0.05) is 47.6 Å². The normalized spacial score (nSPS) is 13.3. The summed E-state index contributed by atoms with van der Waals surface area (Å²) in [6, 6.07) is 4.14. The molecular formula is C16H25NO. The summed E-state index contributed by atoms with van der Waals surface area (Å²) in [5, 5.41) is 10.4. The van der Waals surface area contributed by atoms with Gasteiger partial charge in [-0.2, -0.15) is 0 Å². The zero-order valence-electron chi connectivity index (χ0n) is 12.6. The molecule has 0 aromatic heterocycles. The van der Waals surface area contributed by atoms with Crippen LogP contribution in [-0.2, 0) is 10.8 Å². The van der Waals surface area contributed by atoms with Crippen LogP contribution in [0.5, 0.6) is 5.75 Å². The minimum atomic E-state index is -0.0817. The lowest BCUT2D eigenvalue weighted by Gasteiger charge is -2.26. The lowest BCUT2D eigenvalue weighted by molar-refractivity contribution is 0.444. The molecule has 0 aliphatic heterocycles. The maximum absolute atomic E-state index is 10.4. The molecular weight excluding hydrogens is 222 g/mol. The van der Waals surface area contributed by atoms with Gasteiger partial charge in [0.25, 0.3) is 0 Å². The van der Waals surface area contributed by atoms with E-state index in [-0.39, 0.29) is 10.8 Å². The van der Waals surface area contributed by atoms with Crippen LogP contribution in [-0.4, -0.2) is 18.4 Å². The highest BCUT2D eigenvalue weighted by Gasteiger charge is 2.24. The van der Waals surface area contributed by atoms with E-state index in [9.17, 15) is 5.11 Å². The van der Waals surface area contributed by atoms with E-state index in [2.05, 4.69) is 52.6 Å². The summed E-state index contributed by atoms with van der Waals surface area (Å²) in [6.45, 7) is 12.9. The number of hydrogen-bond acceptors (Lipinski definition) is 2. The minimum Gasteiger partial charge on any atom is -0.507 e. The van der Waals surface area contributed by atoms with E-state index in [1.165, 1.54) is 5.56 Å². The Bertz CT molecular complexity index is 459. The SMILES string of the molecule is C/N=C\c1cc(C(C)(C)C)cc(C(C)(C)C)c1O. The third-order valence-corrected chi connectivity index (χ3v) is 3.08. The highest BCUT2D eigenvalue weighted by molar-refractivity contribution is 5.84. The number of nitrogens with zero attached hydrogens (tertiary/aromatic N) is 1. The maximum Gasteiger partial charge on any atom is 0.128 e. The molecule has 0 saturated heterocycles. The van der Waals surface area contributed by atoms with Crippen LogP contribution in [0, 0.1) is 0 Å². The molecule has 0 fully saturated rings. The van der Waals surface area contributed by atoms with Gasteiger partial charge >= 0.3 is 0 Å². The van der Waals surface area contributed by atoms with Gasteiger partial charge in [-0.15, -0.1) is 0 Å². The van der Waals surface area contributed by atoms with Crippen molar-refractivity contribution in [3.63, 3.8) is 0 Å². The molecule has 1 N–H and O–H groups in total. The number of aliphatic imine (C=N–C) groups is 1. The van der Waals surface area contributed by atoms with Crippen LogP contribution in [0.4, 0.5) is 0 Å². The van der Waals surface area contributed by atoms with E-state index in [1.807, 2.05) is 6.07 Å². The zero-order chi connectivity index (χ0) is 14.1. The van der Waals surface area contributed by atoms with Gasteiger partial charge in [0.05, 0.1) is 0 Å². The van der Waals surface area contributed by atoms with Gasteiger partial charge < -0.3 is 5.11 Å². The quantitative estimate of drug-likeness (QED) is 0.746. The van der Waals surface area contributed by atoms with Crippen molar-refractivity contribution in [2.75, 3.05) is 7.05 Å². The Labute approximate surface area is 111 Å². The van der Waals surface area contributed by atoms with E-state index in [0.29, 0.717) is 5.75 Å². The molecule has 1 aromatic carbocycles. The fourth-order valence-electron chi connectivity index (χ4n) is 1.90. The predicted molar refractivity (Wildman–Crippen MR) is 79.0 cm³/mol.